The molecule has 0 radical (unpaired) electrons. The van der Waals surface area contributed by atoms with E-state index in [-0.39, 0.29) is 13.2 Å². The van der Waals surface area contributed by atoms with Crippen molar-refractivity contribution in [2.45, 2.75) is 59.3 Å². The van der Waals surface area contributed by atoms with Crippen LogP contribution in [0.4, 0.5) is 0 Å². The zero-order valence-electron chi connectivity index (χ0n) is 12.1. The van der Waals surface area contributed by atoms with Gasteiger partial charge in [0.2, 0.25) is 0 Å². The fourth-order valence-corrected chi connectivity index (χ4v) is 1.54. The summed E-state index contributed by atoms with van der Waals surface area (Å²) in [5, 5.41) is 25.8. The molecule has 2 unspecified atom stereocenters. The topological polar surface area (TPSA) is 77.8 Å². The summed E-state index contributed by atoms with van der Waals surface area (Å²) in [5.74, 6) is 0.0704. The predicted molar refractivity (Wildman–Crippen MR) is 73.5 cm³/mol. The normalized spacial score (nSPS) is 13.4. The van der Waals surface area contributed by atoms with Gasteiger partial charge in [0.05, 0.1) is 0 Å². The molecule has 0 aromatic rings. The maximum atomic E-state index is 9.76. The Hall–Kier alpha value is -0.610. The summed E-state index contributed by atoms with van der Waals surface area (Å²) in [6, 6.07) is 0. The van der Waals surface area contributed by atoms with Gasteiger partial charge in [0.1, 0.15) is 0 Å². The highest BCUT2D eigenvalue weighted by molar-refractivity contribution is 5.66. The summed E-state index contributed by atoms with van der Waals surface area (Å²) in [5.41, 5.74) is 0. The van der Waals surface area contributed by atoms with Crippen molar-refractivity contribution < 1.29 is 20.1 Å². The maximum absolute atomic E-state index is 9.76. The number of hydrogen-bond donors (Lipinski definition) is 3. The van der Waals surface area contributed by atoms with Crippen LogP contribution in [0.1, 0.15) is 59.3 Å². The van der Waals surface area contributed by atoms with Gasteiger partial charge >= 0.3 is 5.97 Å². The minimum Gasteiger partial charge on any atom is -0.481 e. The molecule has 0 heterocycles. The molecule has 0 aromatic carbocycles. The molecule has 0 aliphatic heterocycles. The van der Waals surface area contributed by atoms with Gasteiger partial charge in [-0.15, -0.1) is 0 Å². The number of unbranched alkanes of at least 4 members (excludes halogenated alkanes) is 1. The maximum Gasteiger partial charge on any atom is 0.303 e. The van der Waals surface area contributed by atoms with E-state index in [1.54, 1.807) is 0 Å². The Morgan fingerprint density at radius 3 is 1.61 bits per heavy atom. The molecule has 0 rings (SSSR count). The molecule has 0 aliphatic carbocycles. The van der Waals surface area contributed by atoms with Crippen LogP contribution in [0, 0.1) is 11.8 Å². The van der Waals surface area contributed by atoms with E-state index in [9.17, 15) is 4.79 Å². The second-order valence-corrected chi connectivity index (χ2v) is 4.65. The van der Waals surface area contributed by atoms with Crippen molar-refractivity contribution in [3.8, 4) is 0 Å². The van der Waals surface area contributed by atoms with E-state index in [1.165, 1.54) is 0 Å². The molecule has 0 saturated carbocycles. The zero-order valence-corrected chi connectivity index (χ0v) is 12.1. The van der Waals surface area contributed by atoms with Crippen molar-refractivity contribution in [3.63, 3.8) is 0 Å². The molecular formula is C14H30O4. The molecule has 4 nitrogen and oxygen atoms in total. The van der Waals surface area contributed by atoms with Crippen molar-refractivity contribution in [1.82, 2.24) is 0 Å². The first-order valence-corrected chi connectivity index (χ1v) is 6.98. The molecular weight excluding hydrogens is 232 g/mol. The summed E-state index contributed by atoms with van der Waals surface area (Å²) in [4.78, 5) is 9.76. The molecule has 0 spiro atoms. The number of aliphatic carboxylic acids is 1. The molecule has 0 fully saturated rings. The molecule has 0 aliphatic rings. The van der Waals surface area contributed by atoms with Crippen LogP contribution in [-0.4, -0.2) is 34.5 Å². The molecule has 2 atom stereocenters. The van der Waals surface area contributed by atoms with Gasteiger partial charge < -0.3 is 15.3 Å². The first-order chi connectivity index (χ1) is 8.55. The quantitative estimate of drug-likeness (QED) is 0.597. The summed E-state index contributed by atoms with van der Waals surface area (Å²) >= 11 is 0. The number of aliphatic hydroxyl groups is 2. The van der Waals surface area contributed by atoms with Crippen molar-refractivity contribution in [3.05, 3.63) is 0 Å². The zero-order chi connectivity index (χ0) is 14.4. The Labute approximate surface area is 111 Å². The summed E-state index contributed by atoms with van der Waals surface area (Å²) in [6.45, 7) is 6.64. The highest BCUT2D eigenvalue weighted by Gasteiger charge is 2.11. The van der Waals surface area contributed by atoms with Crippen molar-refractivity contribution in [2.75, 3.05) is 13.2 Å². The lowest BCUT2D eigenvalue weighted by Crippen LogP contribution is -2.14. The second kappa shape index (κ2) is 14.5. The van der Waals surface area contributed by atoms with Crippen LogP contribution >= 0.6 is 0 Å². The van der Waals surface area contributed by atoms with Gasteiger partial charge in [-0.2, -0.15) is 0 Å². The van der Waals surface area contributed by atoms with Crippen molar-refractivity contribution in [1.29, 1.82) is 0 Å². The largest absolute Gasteiger partial charge is 0.481 e. The minimum absolute atomic E-state index is 0.257. The van der Waals surface area contributed by atoms with E-state index >= 15 is 0 Å². The minimum atomic E-state index is -0.693. The van der Waals surface area contributed by atoms with E-state index < -0.39 is 5.97 Å². The van der Waals surface area contributed by atoms with E-state index in [0.717, 1.165) is 32.1 Å². The van der Waals surface area contributed by atoms with Crippen LogP contribution in [0.5, 0.6) is 0 Å². The summed E-state index contributed by atoms with van der Waals surface area (Å²) < 4.78 is 0. The lowest BCUT2D eigenvalue weighted by molar-refractivity contribution is -0.137. The van der Waals surface area contributed by atoms with Gasteiger partial charge in [-0.1, -0.05) is 40.0 Å². The summed E-state index contributed by atoms with van der Waals surface area (Å²) in [7, 11) is 0. The molecule has 0 aromatic heterocycles. The smallest absolute Gasteiger partial charge is 0.303 e. The van der Waals surface area contributed by atoms with Crippen LogP contribution in [0.3, 0.4) is 0 Å². The van der Waals surface area contributed by atoms with Crippen LogP contribution in [0.2, 0.25) is 0 Å². The second-order valence-electron chi connectivity index (χ2n) is 4.65. The van der Waals surface area contributed by atoms with Gasteiger partial charge in [-0.25, -0.2) is 0 Å². The molecule has 0 bridgehead atoms. The number of aliphatic hydroxyl groups excluding tert-OH is 2. The first-order valence-electron chi connectivity index (χ1n) is 6.98. The molecule has 3 N–H and O–H groups in total. The number of rotatable bonds is 9. The number of carbonyl (C=O) groups is 1. The molecule has 18 heavy (non-hydrogen) atoms. The van der Waals surface area contributed by atoms with E-state index in [1.807, 2.05) is 6.92 Å². The Morgan fingerprint density at radius 2 is 1.44 bits per heavy atom. The van der Waals surface area contributed by atoms with Crippen LogP contribution in [0.15, 0.2) is 0 Å². The highest BCUT2D eigenvalue weighted by Crippen LogP contribution is 2.17. The van der Waals surface area contributed by atoms with Crippen LogP contribution < -0.4 is 0 Å². The third-order valence-corrected chi connectivity index (χ3v) is 3.08. The number of carboxylic acid groups (broad SMARTS) is 1. The first kappa shape index (κ1) is 19.7. The van der Waals surface area contributed by atoms with E-state index in [4.69, 9.17) is 15.3 Å². The average molecular weight is 262 g/mol. The third kappa shape index (κ3) is 13.5. The van der Waals surface area contributed by atoms with Gasteiger partial charge in [-0.3, -0.25) is 4.79 Å². The molecule has 4 heteroatoms. The highest BCUT2D eigenvalue weighted by atomic mass is 16.4. The average Bonchev–Trinajstić information content (AvgIpc) is 2.38. The van der Waals surface area contributed by atoms with Crippen molar-refractivity contribution >= 4 is 5.97 Å². The van der Waals surface area contributed by atoms with Gasteiger partial charge in [0, 0.05) is 19.6 Å². The van der Waals surface area contributed by atoms with E-state index in [0.29, 0.717) is 18.3 Å². The predicted octanol–water partition coefficient (Wildman–Crippen LogP) is 2.67. The monoisotopic (exact) mass is 262 g/mol. The Morgan fingerprint density at radius 1 is 1.00 bits per heavy atom. The van der Waals surface area contributed by atoms with Gasteiger partial charge in [-0.05, 0) is 24.7 Å². The number of hydrogen-bond acceptors (Lipinski definition) is 3. The van der Waals surface area contributed by atoms with Crippen LogP contribution in [0.25, 0.3) is 0 Å². The van der Waals surface area contributed by atoms with Gasteiger partial charge in [0.25, 0.3) is 0 Å². The fraction of sp³-hybridized carbons (Fsp3) is 0.929. The fourth-order valence-electron chi connectivity index (χ4n) is 1.54. The molecule has 0 amide bonds. The number of carboxylic acids is 1. The standard InChI is InChI=1S/C9H20O2.C5H10O2/c1-3-8(6-10)5-9(4-2)7-11;1-2-3-4-5(6)7/h8-11H,3-7H2,1-2H3;2-4H2,1H3,(H,6,7). The Balaban J connectivity index is 0. The van der Waals surface area contributed by atoms with Gasteiger partial charge in [0.15, 0.2) is 0 Å². The third-order valence-electron chi connectivity index (χ3n) is 3.08. The van der Waals surface area contributed by atoms with Crippen LogP contribution in [-0.2, 0) is 4.79 Å². The molecule has 110 valence electrons. The Bertz CT molecular complexity index is 165. The Kier molecular flexibility index (Phi) is 15.8. The lowest BCUT2D eigenvalue weighted by atomic mass is 9.92. The van der Waals surface area contributed by atoms with Crippen molar-refractivity contribution in [2.24, 2.45) is 11.8 Å². The lowest BCUT2D eigenvalue weighted by Gasteiger charge is -2.17. The molecule has 0 saturated heterocycles. The summed E-state index contributed by atoms with van der Waals surface area (Å²) in [6.07, 6.45) is 5.05. The van der Waals surface area contributed by atoms with E-state index in [2.05, 4.69) is 13.8 Å². The SMILES string of the molecule is CCC(CO)CC(CC)CO.CCCCC(=O)O.